The SMILES string of the molecule is CC(C)Cc1cc(C(=O)N2CCC3(CC2)OCCC[C@H]3O)n(C)n1. The number of aromatic nitrogens is 2. The maximum atomic E-state index is 12.8. The molecule has 1 aromatic rings. The van der Waals surface area contributed by atoms with Crippen molar-refractivity contribution in [3.8, 4) is 0 Å². The molecule has 1 aromatic heterocycles. The highest BCUT2D eigenvalue weighted by atomic mass is 16.5. The van der Waals surface area contributed by atoms with Gasteiger partial charge in [0.25, 0.3) is 5.91 Å². The van der Waals surface area contributed by atoms with Crippen molar-refractivity contribution in [3.05, 3.63) is 17.5 Å². The van der Waals surface area contributed by atoms with Crippen LogP contribution in [0.5, 0.6) is 0 Å². The van der Waals surface area contributed by atoms with Gasteiger partial charge in [-0.1, -0.05) is 13.8 Å². The van der Waals surface area contributed by atoms with Crippen molar-refractivity contribution >= 4 is 5.91 Å². The number of piperidine rings is 1. The lowest BCUT2D eigenvalue weighted by molar-refractivity contribution is -0.174. The zero-order valence-corrected chi connectivity index (χ0v) is 15.0. The van der Waals surface area contributed by atoms with E-state index >= 15 is 0 Å². The van der Waals surface area contributed by atoms with E-state index in [1.807, 2.05) is 18.0 Å². The summed E-state index contributed by atoms with van der Waals surface area (Å²) in [4.78, 5) is 14.7. The molecule has 1 atom stereocenters. The van der Waals surface area contributed by atoms with Crippen molar-refractivity contribution in [2.24, 2.45) is 13.0 Å². The molecule has 2 fully saturated rings. The average molecular weight is 335 g/mol. The van der Waals surface area contributed by atoms with Gasteiger partial charge < -0.3 is 14.7 Å². The Morgan fingerprint density at radius 1 is 1.46 bits per heavy atom. The van der Waals surface area contributed by atoms with Crippen molar-refractivity contribution in [3.63, 3.8) is 0 Å². The first-order chi connectivity index (χ1) is 11.4. The standard InChI is InChI=1S/C18H29N3O3/c1-13(2)11-14-12-15(20(3)19-14)17(23)21-8-6-18(7-9-21)16(22)5-4-10-24-18/h12-13,16,22H,4-11H2,1-3H3/t16-/m1/s1. The number of rotatable bonds is 3. The van der Waals surface area contributed by atoms with Crippen LogP contribution >= 0.6 is 0 Å². The number of hydrogen-bond donors (Lipinski definition) is 1. The van der Waals surface area contributed by atoms with E-state index in [1.165, 1.54) is 0 Å². The van der Waals surface area contributed by atoms with Gasteiger partial charge in [-0.05, 0) is 44.1 Å². The summed E-state index contributed by atoms with van der Waals surface area (Å²) >= 11 is 0. The van der Waals surface area contributed by atoms with Gasteiger partial charge in [-0.3, -0.25) is 9.48 Å². The molecular formula is C18H29N3O3. The molecule has 0 bridgehead atoms. The number of aliphatic hydroxyl groups excluding tert-OH is 1. The number of carbonyl (C=O) groups excluding carboxylic acids is 1. The van der Waals surface area contributed by atoms with Crippen LogP contribution in [0.1, 0.15) is 55.7 Å². The zero-order valence-electron chi connectivity index (χ0n) is 15.0. The largest absolute Gasteiger partial charge is 0.390 e. The minimum Gasteiger partial charge on any atom is -0.390 e. The second kappa shape index (κ2) is 6.84. The van der Waals surface area contributed by atoms with E-state index in [4.69, 9.17) is 4.74 Å². The molecule has 1 spiro atoms. The van der Waals surface area contributed by atoms with Gasteiger partial charge in [0.2, 0.25) is 0 Å². The third-order valence-electron chi connectivity index (χ3n) is 5.28. The molecule has 134 valence electrons. The number of hydrogen-bond acceptors (Lipinski definition) is 4. The number of aliphatic hydroxyl groups is 1. The predicted molar refractivity (Wildman–Crippen MR) is 90.8 cm³/mol. The van der Waals surface area contributed by atoms with Crippen molar-refractivity contribution in [2.75, 3.05) is 19.7 Å². The number of likely N-dealkylation sites (tertiary alicyclic amines) is 1. The monoisotopic (exact) mass is 335 g/mol. The number of aryl methyl sites for hydroxylation is 1. The van der Waals surface area contributed by atoms with Crippen LogP contribution in [0.3, 0.4) is 0 Å². The fourth-order valence-electron chi connectivity index (χ4n) is 3.88. The lowest BCUT2D eigenvalue weighted by atomic mass is 9.82. The summed E-state index contributed by atoms with van der Waals surface area (Å²) in [7, 11) is 1.83. The van der Waals surface area contributed by atoms with Gasteiger partial charge in [0.15, 0.2) is 0 Å². The fraction of sp³-hybridized carbons (Fsp3) is 0.778. The summed E-state index contributed by atoms with van der Waals surface area (Å²) in [6.45, 7) is 6.26. The molecule has 3 rings (SSSR count). The molecule has 2 aliphatic rings. The Morgan fingerprint density at radius 2 is 2.17 bits per heavy atom. The van der Waals surface area contributed by atoms with Crippen LogP contribution in [0.4, 0.5) is 0 Å². The molecule has 24 heavy (non-hydrogen) atoms. The molecule has 3 heterocycles. The van der Waals surface area contributed by atoms with E-state index < -0.39 is 11.7 Å². The molecule has 0 unspecified atom stereocenters. The Balaban J connectivity index is 1.66. The number of nitrogens with zero attached hydrogens (tertiary/aromatic N) is 3. The molecule has 6 nitrogen and oxygen atoms in total. The number of carbonyl (C=O) groups is 1. The normalized spacial score (nSPS) is 23.9. The third kappa shape index (κ3) is 3.35. The first-order valence-corrected chi connectivity index (χ1v) is 9.05. The summed E-state index contributed by atoms with van der Waals surface area (Å²) in [5.41, 5.74) is 1.17. The maximum absolute atomic E-state index is 12.8. The second-order valence-electron chi connectivity index (χ2n) is 7.61. The molecule has 2 aliphatic heterocycles. The molecule has 1 amide bonds. The number of amides is 1. The van der Waals surface area contributed by atoms with Crippen molar-refractivity contribution < 1.29 is 14.6 Å². The third-order valence-corrected chi connectivity index (χ3v) is 5.28. The Morgan fingerprint density at radius 3 is 2.79 bits per heavy atom. The summed E-state index contributed by atoms with van der Waals surface area (Å²) in [6, 6.07) is 1.92. The van der Waals surface area contributed by atoms with Crippen LogP contribution in [-0.4, -0.2) is 57.1 Å². The first kappa shape index (κ1) is 17.4. The zero-order chi connectivity index (χ0) is 17.3. The minimum atomic E-state index is -0.440. The first-order valence-electron chi connectivity index (χ1n) is 9.05. The van der Waals surface area contributed by atoms with Gasteiger partial charge in [-0.2, -0.15) is 5.10 Å². The summed E-state index contributed by atoms with van der Waals surface area (Å²) in [5, 5.41) is 14.8. The van der Waals surface area contributed by atoms with Gasteiger partial charge >= 0.3 is 0 Å². The van der Waals surface area contributed by atoms with Crippen molar-refractivity contribution in [2.45, 2.75) is 57.7 Å². The molecule has 0 aliphatic carbocycles. The molecular weight excluding hydrogens is 306 g/mol. The van der Waals surface area contributed by atoms with Crippen LogP contribution in [0.25, 0.3) is 0 Å². The van der Waals surface area contributed by atoms with E-state index in [2.05, 4.69) is 18.9 Å². The Labute approximate surface area is 143 Å². The highest BCUT2D eigenvalue weighted by molar-refractivity contribution is 5.92. The van der Waals surface area contributed by atoms with Crippen LogP contribution in [-0.2, 0) is 18.2 Å². The van der Waals surface area contributed by atoms with Crippen molar-refractivity contribution in [1.82, 2.24) is 14.7 Å². The molecule has 2 saturated heterocycles. The summed E-state index contributed by atoms with van der Waals surface area (Å²) in [6.07, 6.45) is 3.60. The van der Waals surface area contributed by atoms with Gasteiger partial charge in [-0.25, -0.2) is 0 Å². The van der Waals surface area contributed by atoms with Crippen LogP contribution < -0.4 is 0 Å². The van der Waals surface area contributed by atoms with Gasteiger partial charge in [0.05, 0.1) is 17.4 Å². The average Bonchev–Trinajstić information content (AvgIpc) is 2.90. The van der Waals surface area contributed by atoms with Crippen LogP contribution in [0.2, 0.25) is 0 Å². The number of ether oxygens (including phenoxy) is 1. The second-order valence-corrected chi connectivity index (χ2v) is 7.61. The molecule has 0 saturated carbocycles. The van der Waals surface area contributed by atoms with Gasteiger partial charge in [0.1, 0.15) is 5.69 Å². The Bertz CT molecular complexity index is 588. The quantitative estimate of drug-likeness (QED) is 0.914. The Kier molecular flexibility index (Phi) is 4.97. The van der Waals surface area contributed by atoms with Crippen LogP contribution in [0.15, 0.2) is 6.07 Å². The molecule has 1 N–H and O–H groups in total. The summed E-state index contributed by atoms with van der Waals surface area (Å²) in [5.74, 6) is 0.544. The Hall–Kier alpha value is -1.40. The molecule has 0 aromatic carbocycles. The summed E-state index contributed by atoms with van der Waals surface area (Å²) < 4.78 is 7.61. The molecule has 0 radical (unpaired) electrons. The highest BCUT2D eigenvalue weighted by Gasteiger charge is 2.44. The highest BCUT2D eigenvalue weighted by Crippen LogP contribution is 2.35. The lowest BCUT2D eigenvalue weighted by Gasteiger charge is -2.46. The van der Waals surface area contributed by atoms with E-state index in [1.54, 1.807) is 4.68 Å². The van der Waals surface area contributed by atoms with Crippen molar-refractivity contribution in [1.29, 1.82) is 0 Å². The van der Waals surface area contributed by atoms with E-state index in [9.17, 15) is 9.90 Å². The minimum absolute atomic E-state index is 0.0279. The van der Waals surface area contributed by atoms with Gasteiger partial charge in [-0.15, -0.1) is 0 Å². The predicted octanol–water partition coefficient (Wildman–Crippen LogP) is 1.76. The van der Waals surface area contributed by atoms with E-state index in [0.29, 0.717) is 44.1 Å². The topological polar surface area (TPSA) is 67.6 Å². The van der Waals surface area contributed by atoms with E-state index in [-0.39, 0.29) is 5.91 Å². The van der Waals surface area contributed by atoms with Gasteiger partial charge in [0, 0.05) is 26.7 Å². The maximum Gasteiger partial charge on any atom is 0.272 e. The van der Waals surface area contributed by atoms with Crippen LogP contribution in [0, 0.1) is 5.92 Å². The molecule has 6 heteroatoms. The fourth-order valence-corrected chi connectivity index (χ4v) is 3.88. The lowest BCUT2D eigenvalue weighted by Crippen LogP contribution is -2.56. The van der Waals surface area contributed by atoms with E-state index in [0.717, 1.165) is 25.0 Å². The smallest absolute Gasteiger partial charge is 0.272 e.